The van der Waals surface area contributed by atoms with E-state index in [2.05, 4.69) is 26.7 Å². The normalized spacial score (nSPS) is 18.3. The van der Waals surface area contributed by atoms with E-state index in [1.54, 1.807) is 22.7 Å². The number of aliphatic hydroxyl groups excluding tert-OH is 1. The summed E-state index contributed by atoms with van der Waals surface area (Å²) in [6, 6.07) is 2.12. The van der Waals surface area contributed by atoms with Crippen LogP contribution in [-0.2, 0) is 6.54 Å². The fourth-order valence-electron chi connectivity index (χ4n) is 2.20. The van der Waals surface area contributed by atoms with E-state index in [4.69, 9.17) is 0 Å². The van der Waals surface area contributed by atoms with E-state index in [0.717, 1.165) is 37.5 Å². The highest BCUT2D eigenvalue weighted by molar-refractivity contribution is 7.15. The molecule has 0 saturated carbocycles. The Labute approximate surface area is 115 Å². The van der Waals surface area contributed by atoms with Crippen LogP contribution in [0.4, 0.5) is 0 Å². The second-order valence-electron chi connectivity index (χ2n) is 4.65. The Morgan fingerprint density at radius 3 is 2.94 bits per heavy atom. The quantitative estimate of drug-likeness (QED) is 0.939. The summed E-state index contributed by atoms with van der Waals surface area (Å²) in [5.74, 6) is 0. The number of thiazole rings is 1. The third-order valence-electron chi connectivity index (χ3n) is 3.26. The first kappa shape index (κ1) is 12.3. The molecule has 0 radical (unpaired) electrons. The fourth-order valence-corrected chi connectivity index (χ4v) is 3.86. The molecular formula is C13H16N2OS2. The summed E-state index contributed by atoms with van der Waals surface area (Å²) in [7, 11) is 0. The van der Waals surface area contributed by atoms with Gasteiger partial charge in [0.15, 0.2) is 0 Å². The lowest BCUT2D eigenvalue weighted by atomic mass is 10.1. The van der Waals surface area contributed by atoms with Crippen molar-refractivity contribution in [2.24, 2.45) is 0 Å². The summed E-state index contributed by atoms with van der Waals surface area (Å²) in [6.45, 7) is 2.95. The van der Waals surface area contributed by atoms with Crippen molar-refractivity contribution in [1.82, 2.24) is 9.88 Å². The zero-order valence-electron chi connectivity index (χ0n) is 10.1. The van der Waals surface area contributed by atoms with Gasteiger partial charge < -0.3 is 5.11 Å². The second kappa shape index (κ2) is 5.48. The van der Waals surface area contributed by atoms with E-state index in [9.17, 15) is 5.11 Å². The van der Waals surface area contributed by atoms with Crippen LogP contribution >= 0.6 is 22.7 Å². The monoisotopic (exact) mass is 280 g/mol. The summed E-state index contributed by atoms with van der Waals surface area (Å²) in [5, 5.41) is 14.8. The van der Waals surface area contributed by atoms with Crippen LogP contribution in [0.15, 0.2) is 23.0 Å². The van der Waals surface area contributed by atoms with E-state index in [1.165, 1.54) is 10.4 Å². The number of hydrogen-bond donors (Lipinski definition) is 1. The maximum absolute atomic E-state index is 9.49. The Morgan fingerprint density at radius 2 is 2.22 bits per heavy atom. The molecule has 0 atom stereocenters. The number of nitrogens with zero attached hydrogens (tertiary/aromatic N) is 2. The molecule has 0 aromatic carbocycles. The molecule has 1 aliphatic heterocycles. The molecular weight excluding hydrogens is 264 g/mol. The van der Waals surface area contributed by atoms with Crippen LogP contribution in [0.5, 0.6) is 0 Å². The van der Waals surface area contributed by atoms with Gasteiger partial charge in [0.25, 0.3) is 0 Å². The van der Waals surface area contributed by atoms with Gasteiger partial charge in [-0.2, -0.15) is 11.3 Å². The molecule has 3 nitrogen and oxygen atoms in total. The predicted octanol–water partition coefficient (Wildman–Crippen LogP) is 2.83. The van der Waals surface area contributed by atoms with Crippen molar-refractivity contribution in [3.63, 3.8) is 0 Å². The molecule has 0 amide bonds. The highest BCUT2D eigenvalue weighted by Gasteiger charge is 2.17. The van der Waals surface area contributed by atoms with Gasteiger partial charge >= 0.3 is 0 Å². The van der Waals surface area contributed by atoms with Gasteiger partial charge in [0.05, 0.1) is 6.10 Å². The Hall–Kier alpha value is -0.750. The van der Waals surface area contributed by atoms with Crippen molar-refractivity contribution in [1.29, 1.82) is 0 Å². The van der Waals surface area contributed by atoms with E-state index in [-0.39, 0.29) is 6.10 Å². The molecule has 2 aromatic heterocycles. The molecule has 18 heavy (non-hydrogen) atoms. The van der Waals surface area contributed by atoms with Crippen molar-refractivity contribution < 1.29 is 5.11 Å². The number of hydrogen-bond acceptors (Lipinski definition) is 5. The highest BCUT2D eigenvalue weighted by atomic mass is 32.1. The zero-order valence-corrected chi connectivity index (χ0v) is 11.7. The molecule has 0 unspecified atom stereocenters. The summed E-state index contributed by atoms with van der Waals surface area (Å²) < 4.78 is 0. The van der Waals surface area contributed by atoms with E-state index < -0.39 is 0 Å². The van der Waals surface area contributed by atoms with Gasteiger partial charge in [-0.1, -0.05) is 0 Å². The molecule has 1 N–H and O–H groups in total. The minimum Gasteiger partial charge on any atom is -0.393 e. The Balaban J connectivity index is 1.64. The second-order valence-corrected chi connectivity index (χ2v) is 6.55. The molecule has 0 aliphatic carbocycles. The van der Waals surface area contributed by atoms with Gasteiger partial charge in [-0.15, -0.1) is 11.3 Å². The number of aromatic nitrogens is 1. The van der Waals surface area contributed by atoms with E-state index in [1.807, 2.05) is 6.20 Å². The van der Waals surface area contributed by atoms with Crippen molar-refractivity contribution >= 4 is 22.7 Å². The minimum absolute atomic E-state index is 0.0934. The highest BCUT2D eigenvalue weighted by Crippen LogP contribution is 2.28. The van der Waals surface area contributed by atoms with E-state index in [0.29, 0.717) is 0 Å². The number of likely N-dealkylation sites (tertiary alicyclic amines) is 1. The lowest BCUT2D eigenvalue weighted by Gasteiger charge is -2.28. The van der Waals surface area contributed by atoms with Gasteiger partial charge in [-0.3, -0.25) is 4.90 Å². The first-order valence-electron chi connectivity index (χ1n) is 6.19. The summed E-state index contributed by atoms with van der Waals surface area (Å²) in [5.41, 5.74) is 1.23. The number of thiophene rings is 1. The van der Waals surface area contributed by atoms with E-state index >= 15 is 0 Å². The average molecular weight is 280 g/mol. The SMILES string of the molecule is OC1CCN(Cc2cnc(-c3ccsc3)s2)CC1. The summed E-state index contributed by atoms with van der Waals surface area (Å²) in [4.78, 5) is 8.20. The summed E-state index contributed by atoms with van der Waals surface area (Å²) >= 11 is 3.48. The lowest BCUT2D eigenvalue weighted by Crippen LogP contribution is -2.35. The lowest BCUT2D eigenvalue weighted by molar-refractivity contribution is 0.0797. The molecule has 0 spiro atoms. The van der Waals surface area contributed by atoms with Crippen molar-refractivity contribution in [2.75, 3.05) is 13.1 Å². The van der Waals surface area contributed by atoms with Crippen LogP contribution in [-0.4, -0.2) is 34.2 Å². The van der Waals surface area contributed by atoms with Gasteiger partial charge in [0, 0.05) is 41.7 Å². The number of piperidine rings is 1. The maximum atomic E-state index is 9.49. The van der Waals surface area contributed by atoms with Crippen molar-refractivity contribution in [3.05, 3.63) is 27.9 Å². The Kier molecular flexibility index (Phi) is 3.75. The topological polar surface area (TPSA) is 36.4 Å². The van der Waals surface area contributed by atoms with Crippen LogP contribution in [0.2, 0.25) is 0 Å². The molecule has 1 fully saturated rings. The number of aliphatic hydroxyl groups is 1. The minimum atomic E-state index is -0.0934. The average Bonchev–Trinajstić information content (AvgIpc) is 3.02. The van der Waals surface area contributed by atoms with Crippen molar-refractivity contribution in [3.8, 4) is 10.6 Å². The zero-order chi connectivity index (χ0) is 12.4. The smallest absolute Gasteiger partial charge is 0.124 e. The first-order valence-corrected chi connectivity index (χ1v) is 7.95. The van der Waals surface area contributed by atoms with Crippen LogP contribution in [0.3, 0.4) is 0 Å². The maximum Gasteiger partial charge on any atom is 0.124 e. The van der Waals surface area contributed by atoms with Crippen molar-refractivity contribution in [2.45, 2.75) is 25.5 Å². The Bertz CT molecular complexity index is 487. The largest absolute Gasteiger partial charge is 0.393 e. The molecule has 2 aromatic rings. The molecule has 3 rings (SSSR count). The molecule has 1 aliphatic rings. The summed E-state index contributed by atoms with van der Waals surface area (Å²) in [6.07, 6.45) is 3.69. The standard InChI is InChI=1S/C13H16N2OS2/c16-11-1-4-15(5-2-11)8-12-7-14-13(18-12)10-3-6-17-9-10/h3,6-7,9,11,16H,1-2,4-5,8H2. The predicted molar refractivity (Wildman–Crippen MR) is 75.9 cm³/mol. The molecule has 96 valence electrons. The first-order chi connectivity index (χ1) is 8.81. The fraction of sp³-hybridized carbons (Fsp3) is 0.462. The third-order valence-corrected chi connectivity index (χ3v) is 4.97. The third kappa shape index (κ3) is 2.80. The van der Waals surface area contributed by atoms with Gasteiger partial charge in [0.2, 0.25) is 0 Å². The van der Waals surface area contributed by atoms with Gasteiger partial charge in [-0.05, 0) is 24.3 Å². The van der Waals surface area contributed by atoms with Gasteiger partial charge in [-0.25, -0.2) is 4.98 Å². The molecule has 1 saturated heterocycles. The molecule has 3 heterocycles. The van der Waals surface area contributed by atoms with Crippen LogP contribution in [0, 0.1) is 0 Å². The van der Waals surface area contributed by atoms with Crippen LogP contribution < -0.4 is 0 Å². The molecule has 0 bridgehead atoms. The molecule has 5 heteroatoms. The van der Waals surface area contributed by atoms with Gasteiger partial charge in [0.1, 0.15) is 5.01 Å². The Morgan fingerprint density at radius 1 is 1.39 bits per heavy atom. The van der Waals surface area contributed by atoms with Crippen LogP contribution in [0.25, 0.3) is 10.6 Å². The van der Waals surface area contributed by atoms with Crippen LogP contribution in [0.1, 0.15) is 17.7 Å². The number of rotatable bonds is 3.